The highest BCUT2D eigenvalue weighted by Gasteiger charge is 2.29. The van der Waals surface area contributed by atoms with E-state index in [4.69, 9.17) is 0 Å². The molecule has 1 aromatic rings. The van der Waals surface area contributed by atoms with E-state index in [2.05, 4.69) is 28.8 Å². The SMILES string of the molecule is O=C(C1NCCc2ccccc21)N1CCNCC1. The first-order valence-electron chi connectivity index (χ1n) is 6.67. The van der Waals surface area contributed by atoms with E-state index in [0.717, 1.165) is 44.7 Å². The van der Waals surface area contributed by atoms with Gasteiger partial charge in [0.1, 0.15) is 6.04 Å². The van der Waals surface area contributed by atoms with Crippen molar-refractivity contribution in [3.05, 3.63) is 35.4 Å². The molecule has 1 atom stereocenters. The molecule has 1 fully saturated rings. The quantitative estimate of drug-likeness (QED) is 0.748. The minimum atomic E-state index is -0.145. The minimum absolute atomic E-state index is 0.145. The average Bonchev–Trinajstić information content (AvgIpc) is 2.47. The second-order valence-electron chi connectivity index (χ2n) is 4.91. The van der Waals surface area contributed by atoms with Crippen LogP contribution in [0.3, 0.4) is 0 Å². The molecule has 4 nitrogen and oxygen atoms in total. The predicted octanol–water partition coefficient (Wildman–Crippen LogP) is 0.305. The van der Waals surface area contributed by atoms with Crippen LogP contribution in [0.4, 0.5) is 0 Å². The Bertz CT molecular complexity index is 440. The summed E-state index contributed by atoms with van der Waals surface area (Å²) in [7, 11) is 0. The molecule has 2 aliphatic heterocycles. The molecule has 3 rings (SSSR count). The number of carbonyl (C=O) groups is 1. The highest BCUT2D eigenvalue weighted by Crippen LogP contribution is 2.24. The molecular formula is C14H19N3O. The Balaban J connectivity index is 1.82. The molecule has 0 bridgehead atoms. The lowest BCUT2D eigenvalue weighted by Crippen LogP contribution is -2.51. The zero-order valence-electron chi connectivity index (χ0n) is 10.5. The Morgan fingerprint density at radius 1 is 1.17 bits per heavy atom. The Kier molecular flexibility index (Phi) is 3.30. The maximum absolute atomic E-state index is 12.6. The van der Waals surface area contributed by atoms with Gasteiger partial charge >= 0.3 is 0 Å². The van der Waals surface area contributed by atoms with Crippen LogP contribution in [0.25, 0.3) is 0 Å². The van der Waals surface area contributed by atoms with Crippen molar-refractivity contribution in [2.75, 3.05) is 32.7 Å². The molecule has 1 aromatic carbocycles. The van der Waals surface area contributed by atoms with Gasteiger partial charge in [-0.05, 0) is 17.5 Å². The van der Waals surface area contributed by atoms with Gasteiger partial charge in [-0.25, -0.2) is 0 Å². The molecule has 1 saturated heterocycles. The van der Waals surface area contributed by atoms with E-state index in [1.807, 2.05) is 11.0 Å². The number of nitrogens with zero attached hydrogens (tertiary/aromatic N) is 1. The summed E-state index contributed by atoms with van der Waals surface area (Å²) in [5.41, 5.74) is 2.47. The summed E-state index contributed by atoms with van der Waals surface area (Å²) in [5, 5.41) is 6.64. The number of hydrogen-bond acceptors (Lipinski definition) is 3. The van der Waals surface area contributed by atoms with Crippen molar-refractivity contribution >= 4 is 5.91 Å². The first-order chi connectivity index (χ1) is 8.86. The fraction of sp³-hybridized carbons (Fsp3) is 0.500. The third-order valence-electron chi connectivity index (χ3n) is 3.78. The topological polar surface area (TPSA) is 44.4 Å². The summed E-state index contributed by atoms with van der Waals surface area (Å²) in [6, 6.07) is 8.13. The van der Waals surface area contributed by atoms with E-state index < -0.39 is 0 Å². The summed E-state index contributed by atoms with van der Waals surface area (Å²) in [4.78, 5) is 14.5. The van der Waals surface area contributed by atoms with Crippen LogP contribution in [0.15, 0.2) is 24.3 Å². The van der Waals surface area contributed by atoms with E-state index in [0.29, 0.717) is 0 Å². The standard InChI is InChI=1S/C14H19N3O/c18-14(17-9-7-15-8-10-17)13-12-4-2-1-3-11(12)5-6-16-13/h1-4,13,15-16H,5-10H2. The molecule has 0 spiro atoms. The van der Waals surface area contributed by atoms with Gasteiger partial charge in [0.15, 0.2) is 0 Å². The van der Waals surface area contributed by atoms with Crippen molar-refractivity contribution in [3.63, 3.8) is 0 Å². The molecule has 18 heavy (non-hydrogen) atoms. The van der Waals surface area contributed by atoms with Gasteiger partial charge in [-0.1, -0.05) is 24.3 Å². The number of fused-ring (bicyclic) bond motifs is 1. The van der Waals surface area contributed by atoms with Gasteiger partial charge in [0.2, 0.25) is 5.91 Å². The Morgan fingerprint density at radius 2 is 1.94 bits per heavy atom. The zero-order valence-corrected chi connectivity index (χ0v) is 10.5. The monoisotopic (exact) mass is 245 g/mol. The van der Waals surface area contributed by atoms with Gasteiger partial charge in [0.25, 0.3) is 0 Å². The highest BCUT2D eigenvalue weighted by atomic mass is 16.2. The van der Waals surface area contributed by atoms with Crippen LogP contribution in [-0.4, -0.2) is 43.5 Å². The number of rotatable bonds is 1. The van der Waals surface area contributed by atoms with Crippen molar-refractivity contribution < 1.29 is 4.79 Å². The Labute approximate surface area is 107 Å². The molecular weight excluding hydrogens is 226 g/mol. The van der Waals surface area contributed by atoms with Gasteiger partial charge in [0, 0.05) is 32.7 Å². The van der Waals surface area contributed by atoms with Crippen molar-refractivity contribution in [3.8, 4) is 0 Å². The number of benzene rings is 1. The van der Waals surface area contributed by atoms with Crippen LogP contribution in [0.2, 0.25) is 0 Å². The second-order valence-corrected chi connectivity index (χ2v) is 4.91. The van der Waals surface area contributed by atoms with Crippen molar-refractivity contribution in [1.82, 2.24) is 15.5 Å². The normalized spacial score (nSPS) is 23.6. The lowest BCUT2D eigenvalue weighted by atomic mass is 9.93. The average molecular weight is 245 g/mol. The summed E-state index contributed by atoms with van der Waals surface area (Å²) >= 11 is 0. The number of carbonyl (C=O) groups excluding carboxylic acids is 1. The molecule has 0 radical (unpaired) electrons. The molecule has 2 aliphatic rings. The maximum atomic E-state index is 12.6. The van der Waals surface area contributed by atoms with Crippen LogP contribution in [0.5, 0.6) is 0 Å². The maximum Gasteiger partial charge on any atom is 0.244 e. The lowest BCUT2D eigenvalue weighted by Gasteiger charge is -2.33. The molecule has 0 saturated carbocycles. The molecule has 1 amide bonds. The number of hydrogen-bond donors (Lipinski definition) is 2. The second kappa shape index (κ2) is 5.08. The zero-order chi connectivity index (χ0) is 12.4. The van der Waals surface area contributed by atoms with E-state index in [-0.39, 0.29) is 11.9 Å². The van der Waals surface area contributed by atoms with Crippen LogP contribution in [0, 0.1) is 0 Å². The van der Waals surface area contributed by atoms with Crippen LogP contribution in [-0.2, 0) is 11.2 Å². The minimum Gasteiger partial charge on any atom is -0.338 e. The van der Waals surface area contributed by atoms with E-state index >= 15 is 0 Å². The molecule has 4 heteroatoms. The summed E-state index contributed by atoms with van der Waals surface area (Å²) in [6.45, 7) is 4.33. The Hall–Kier alpha value is -1.39. The van der Waals surface area contributed by atoms with E-state index in [1.54, 1.807) is 0 Å². The van der Waals surface area contributed by atoms with E-state index in [1.165, 1.54) is 5.56 Å². The summed E-state index contributed by atoms with van der Waals surface area (Å²) in [6.07, 6.45) is 1.02. The highest BCUT2D eigenvalue weighted by molar-refractivity contribution is 5.84. The van der Waals surface area contributed by atoms with Gasteiger partial charge < -0.3 is 15.5 Å². The molecule has 1 unspecified atom stereocenters. The van der Waals surface area contributed by atoms with Gasteiger partial charge in [-0.15, -0.1) is 0 Å². The first-order valence-corrected chi connectivity index (χ1v) is 6.67. The number of amides is 1. The summed E-state index contributed by atoms with van der Waals surface area (Å²) < 4.78 is 0. The molecule has 96 valence electrons. The fourth-order valence-corrected chi connectivity index (χ4v) is 2.79. The Morgan fingerprint density at radius 3 is 2.78 bits per heavy atom. The third-order valence-corrected chi connectivity index (χ3v) is 3.78. The molecule has 2 heterocycles. The number of piperazine rings is 1. The van der Waals surface area contributed by atoms with E-state index in [9.17, 15) is 4.79 Å². The molecule has 0 aromatic heterocycles. The van der Waals surface area contributed by atoms with Gasteiger partial charge in [-0.2, -0.15) is 0 Å². The molecule has 0 aliphatic carbocycles. The van der Waals surface area contributed by atoms with Crippen LogP contribution < -0.4 is 10.6 Å². The van der Waals surface area contributed by atoms with Gasteiger partial charge in [-0.3, -0.25) is 4.79 Å². The van der Waals surface area contributed by atoms with Crippen LogP contribution >= 0.6 is 0 Å². The van der Waals surface area contributed by atoms with Crippen LogP contribution in [0.1, 0.15) is 17.2 Å². The summed E-state index contributed by atoms with van der Waals surface area (Å²) in [5.74, 6) is 0.226. The van der Waals surface area contributed by atoms with Crippen molar-refractivity contribution in [2.45, 2.75) is 12.5 Å². The molecule has 2 N–H and O–H groups in total. The largest absolute Gasteiger partial charge is 0.338 e. The third kappa shape index (κ3) is 2.13. The van der Waals surface area contributed by atoms with Crippen molar-refractivity contribution in [1.29, 1.82) is 0 Å². The smallest absolute Gasteiger partial charge is 0.244 e. The lowest BCUT2D eigenvalue weighted by molar-refractivity contribution is -0.134. The first kappa shape index (κ1) is 11.7. The predicted molar refractivity (Wildman–Crippen MR) is 70.3 cm³/mol. The fourth-order valence-electron chi connectivity index (χ4n) is 2.79. The van der Waals surface area contributed by atoms with Crippen molar-refractivity contribution in [2.24, 2.45) is 0 Å². The van der Waals surface area contributed by atoms with Gasteiger partial charge in [0.05, 0.1) is 0 Å². The number of nitrogens with one attached hydrogen (secondary N) is 2.